The van der Waals surface area contributed by atoms with Crippen LogP contribution >= 0.6 is 0 Å². The van der Waals surface area contributed by atoms with E-state index < -0.39 is 12.1 Å². The summed E-state index contributed by atoms with van der Waals surface area (Å²) in [5, 5.41) is 2.31. The van der Waals surface area contributed by atoms with Gasteiger partial charge in [-0.1, -0.05) is 18.2 Å². The number of quaternary nitrogens is 1. The molecule has 1 fully saturated rings. The van der Waals surface area contributed by atoms with E-state index in [4.69, 9.17) is 25.7 Å². The quantitative estimate of drug-likeness (QED) is 0.189. The lowest BCUT2D eigenvalue weighted by atomic mass is 10.0. The monoisotopic (exact) mass is 524 g/mol. The lowest BCUT2D eigenvalue weighted by Gasteiger charge is -2.23. The Morgan fingerprint density at radius 3 is 2.40 bits per heavy atom. The number of benzene rings is 2. The molecule has 35 heavy (non-hydrogen) atoms. The maximum absolute atomic E-state index is 12.8. The molecule has 2 aromatic rings. The average molecular weight is 525 g/mol. The molecule has 6 N–H and O–H groups in total. The summed E-state index contributed by atoms with van der Waals surface area (Å²) in [6, 6.07) is 13.4. The van der Waals surface area contributed by atoms with Crippen molar-refractivity contribution in [1.82, 2.24) is 0 Å². The van der Waals surface area contributed by atoms with Crippen LogP contribution in [0.15, 0.2) is 42.5 Å². The van der Waals surface area contributed by atoms with Crippen LogP contribution in [0.2, 0.25) is 0 Å². The Morgan fingerprint density at radius 2 is 1.74 bits per heavy atom. The summed E-state index contributed by atoms with van der Waals surface area (Å²) in [6.07, 6.45) is 2.31. The van der Waals surface area contributed by atoms with E-state index in [0.29, 0.717) is 18.3 Å². The van der Waals surface area contributed by atoms with Crippen LogP contribution in [0, 0.1) is 0 Å². The molecule has 2 aliphatic rings. The summed E-state index contributed by atoms with van der Waals surface area (Å²) in [5.41, 5.74) is 14.6. The first-order valence-electron chi connectivity index (χ1n) is 11.7. The van der Waals surface area contributed by atoms with Gasteiger partial charge in [0.2, 0.25) is 6.10 Å². The van der Waals surface area contributed by atoms with Gasteiger partial charge in [-0.25, -0.2) is 4.79 Å². The molecule has 0 radical (unpaired) electrons. The van der Waals surface area contributed by atoms with E-state index in [1.165, 1.54) is 5.56 Å². The molecule has 2 heterocycles. The van der Waals surface area contributed by atoms with Crippen LogP contribution in [-0.2, 0) is 22.5 Å². The Kier molecular flexibility index (Phi) is 10.9. The smallest absolute Gasteiger partial charge is 0.352 e. The van der Waals surface area contributed by atoms with Crippen molar-refractivity contribution in [2.45, 2.75) is 44.9 Å². The van der Waals surface area contributed by atoms with E-state index in [0.717, 1.165) is 55.8 Å². The van der Waals surface area contributed by atoms with Gasteiger partial charge < -0.3 is 44.3 Å². The highest BCUT2D eigenvalue weighted by Crippen LogP contribution is 2.29. The van der Waals surface area contributed by atoms with Crippen molar-refractivity contribution < 1.29 is 53.7 Å². The summed E-state index contributed by atoms with van der Waals surface area (Å²) in [6.45, 7) is 5.66. The van der Waals surface area contributed by atoms with Gasteiger partial charge in [-0.2, -0.15) is 0 Å². The van der Waals surface area contributed by atoms with Gasteiger partial charge in [-0.15, -0.1) is 0 Å². The van der Waals surface area contributed by atoms with Crippen LogP contribution < -0.4 is 51.1 Å². The number of piperidine rings is 1. The summed E-state index contributed by atoms with van der Waals surface area (Å²) in [4.78, 5) is 12.8. The number of nitrogens with zero attached hydrogens (tertiary/aromatic N) is 1. The number of esters is 1. The molecule has 0 bridgehead atoms. The van der Waals surface area contributed by atoms with Gasteiger partial charge in [0.25, 0.3) is 0 Å². The van der Waals surface area contributed by atoms with Crippen molar-refractivity contribution in [3.05, 3.63) is 59.2 Å². The molecule has 0 amide bonds. The number of halogens is 2. The van der Waals surface area contributed by atoms with Gasteiger partial charge in [-0.05, 0) is 42.3 Å². The third-order valence-electron chi connectivity index (χ3n) is 6.18. The Bertz CT molecular complexity index is 1010. The molecule has 2 aromatic carbocycles. The number of ether oxygens (including phenoxy) is 3. The molecule has 192 valence electrons. The van der Waals surface area contributed by atoms with Crippen molar-refractivity contribution in [3.63, 3.8) is 0 Å². The normalized spacial score (nSPS) is 16.1. The number of hydrogen-bond acceptors (Lipinski definition) is 4. The van der Waals surface area contributed by atoms with Crippen LogP contribution in [0.25, 0.3) is 0 Å². The van der Waals surface area contributed by atoms with Gasteiger partial charge in [0.1, 0.15) is 17.6 Å². The predicted molar refractivity (Wildman–Crippen MR) is 124 cm³/mol. The molecule has 8 nitrogen and oxygen atoms in total. The minimum Gasteiger partial charge on any atom is -1.00 e. The second-order valence-corrected chi connectivity index (χ2v) is 8.53. The second kappa shape index (κ2) is 13.4. The molecular formula is C25H34Cl2N4O4. The molecular weight excluding hydrogens is 491 g/mol. The summed E-state index contributed by atoms with van der Waals surface area (Å²) >= 11 is 0. The van der Waals surface area contributed by atoms with Crippen LogP contribution in [0.1, 0.15) is 42.6 Å². The van der Waals surface area contributed by atoms with Crippen molar-refractivity contribution in [1.29, 1.82) is 0 Å². The summed E-state index contributed by atoms with van der Waals surface area (Å²) in [5.74, 6) is 1.29. The van der Waals surface area contributed by atoms with E-state index in [-0.39, 0.29) is 37.5 Å². The maximum Gasteiger partial charge on any atom is 0.352 e. The zero-order valence-electron chi connectivity index (χ0n) is 19.9. The third kappa shape index (κ3) is 7.40. The van der Waals surface area contributed by atoms with E-state index in [2.05, 4.69) is 5.32 Å². The largest absolute Gasteiger partial charge is 1.00 e. The molecule has 1 saturated heterocycles. The Morgan fingerprint density at radius 1 is 1.06 bits per heavy atom. The van der Waals surface area contributed by atoms with E-state index in [1.54, 1.807) is 6.92 Å². The first kappa shape index (κ1) is 28.6. The molecule has 1 unspecified atom stereocenters. The van der Waals surface area contributed by atoms with E-state index in [9.17, 15) is 4.79 Å². The Labute approximate surface area is 218 Å². The molecule has 0 aromatic heterocycles. The molecule has 2 aliphatic heterocycles. The van der Waals surface area contributed by atoms with Gasteiger partial charge in [0.05, 0.1) is 32.8 Å². The highest BCUT2D eigenvalue weighted by atomic mass is 35.5. The summed E-state index contributed by atoms with van der Waals surface area (Å²) < 4.78 is 19.5. The average Bonchev–Trinajstić information content (AvgIpc) is 2.83. The van der Waals surface area contributed by atoms with Gasteiger partial charge in [0, 0.05) is 24.8 Å². The van der Waals surface area contributed by atoms with Gasteiger partial charge >= 0.3 is 11.9 Å². The first-order chi connectivity index (χ1) is 16.0. The van der Waals surface area contributed by atoms with Crippen LogP contribution in [0.3, 0.4) is 0 Å². The number of carbonyl (C=O) groups is 1. The van der Waals surface area contributed by atoms with E-state index >= 15 is 0 Å². The van der Waals surface area contributed by atoms with Gasteiger partial charge in [0.15, 0.2) is 0 Å². The van der Waals surface area contributed by atoms with Crippen molar-refractivity contribution in [2.24, 2.45) is 11.5 Å². The number of hydrogen-bond donors (Lipinski definition) is 3. The SMILES string of the molecule is CCOC(=O)C(Oc1ccc2c(c1)C[N+](=C(N)N)CC2)c1ccc(OC2CC[NH2+]CC2)cc1.[Cl-].[Cl-]. The number of guanidine groups is 1. The lowest BCUT2D eigenvalue weighted by molar-refractivity contribution is -0.664. The standard InChI is InChI=1S/C25H32N4O4.2ClH/c1-2-31-24(30)23(18-4-6-20(7-5-18)32-21-9-12-28-13-10-21)33-22-8-3-17-11-14-29(25(26)27)16-19(17)15-22;;/h3-8,15,21,23,28H,2,9-14,16H2,1H3,(H3,26,27);2*1H. The fourth-order valence-corrected chi connectivity index (χ4v) is 4.36. The highest BCUT2D eigenvalue weighted by Gasteiger charge is 2.26. The van der Waals surface area contributed by atoms with Crippen LogP contribution in [0.5, 0.6) is 11.5 Å². The van der Waals surface area contributed by atoms with Crippen LogP contribution in [-0.4, -0.2) is 48.8 Å². The molecule has 0 spiro atoms. The minimum atomic E-state index is -0.868. The molecule has 1 atom stereocenters. The zero-order valence-corrected chi connectivity index (χ0v) is 21.4. The van der Waals surface area contributed by atoms with Crippen molar-refractivity contribution in [3.8, 4) is 11.5 Å². The fraction of sp³-hybridized carbons (Fsp3) is 0.440. The first-order valence-corrected chi connectivity index (χ1v) is 11.7. The van der Waals surface area contributed by atoms with Gasteiger partial charge in [-0.3, -0.25) is 16.0 Å². The zero-order chi connectivity index (χ0) is 23.2. The van der Waals surface area contributed by atoms with E-state index in [1.807, 2.05) is 47.0 Å². The second-order valence-electron chi connectivity index (χ2n) is 8.53. The number of fused-ring (bicyclic) bond motifs is 1. The minimum absolute atomic E-state index is 0. The molecule has 0 aliphatic carbocycles. The van der Waals surface area contributed by atoms with Crippen molar-refractivity contribution in [2.75, 3.05) is 26.2 Å². The number of rotatable bonds is 7. The molecule has 10 heteroatoms. The maximum atomic E-state index is 12.8. The molecule has 4 rings (SSSR count). The lowest BCUT2D eigenvalue weighted by Crippen LogP contribution is -3.00. The highest BCUT2D eigenvalue weighted by molar-refractivity contribution is 5.77. The summed E-state index contributed by atoms with van der Waals surface area (Å²) in [7, 11) is 0. The van der Waals surface area contributed by atoms with Crippen molar-refractivity contribution >= 4 is 11.9 Å². The molecule has 0 saturated carbocycles. The fourth-order valence-electron chi connectivity index (χ4n) is 4.36. The predicted octanol–water partition coefficient (Wildman–Crippen LogP) is -5.18. The Hall–Kier alpha value is -2.68. The number of carbonyl (C=O) groups excluding carboxylic acids is 1. The number of nitrogens with two attached hydrogens (primary N) is 3. The van der Waals surface area contributed by atoms with Crippen LogP contribution in [0.4, 0.5) is 0 Å². The third-order valence-corrected chi connectivity index (χ3v) is 6.18. The Balaban J connectivity index is 0.00000216. The topological polar surface area (TPSA) is 116 Å².